The fraction of sp³-hybridized carbons (Fsp3) is 0.800. The van der Waals surface area contributed by atoms with E-state index in [2.05, 4.69) is 41.6 Å². The van der Waals surface area contributed by atoms with E-state index in [1.165, 1.54) is 11.0 Å². The highest BCUT2D eigenvalue weighted by molar-refractivity contribution is 5.75. The van der Waals surface area contributed by atoms with E-state index in [0.29, 0.717) is 6.54 Å². The second-order valence-corrected chi connectivity index (χ2v) is 4.90. The van der Waals surface area contributed by atoms with E-state index in [4.69, 9.17) is 4.74 Å². The first-order valence-electron chi connectivity index (χ1n) is 5.43. The molecule has 96 valence electrons. The van der Waals surface area contributed by atoms with Crippen LogP contribution in [0, 0.1) is 5.41 Å². The summed E-state index contributed by atoms with van der Waals surface area (Å²) in [7, 11) is 1.64. The molecule has 0 aromatic carbocycles. The van der Waals surface area contributed by atoms with Crippen LogP contribution in [0.4, 0.5) is 0 Å². The summed E-state index contributed by atoms with van der Waals surface area (Å²) in [6.07, 6.45) is 1.37. The lowest BCUT2D eigenvalue weighted by molar-refractivity contribution is -0.122. The number of rotatable bonds is 5. The molecule has 0 fully saturated rings. The number of hydrogen-bond donors (Lipinski definition) is 1. The summed E-state index contributed by atoms with van der Waals surface area (Å²) in [5.41, 5.74) is -0.0170. The number of methoxy groups -OCH3 is 1. The van der Waals surface area contributed by atoms with Crippen molar-refractivity contribution in [2.75, 3.05) is 13.7 Å². The molecule has 1 heterocycles. The average molecular weight is 241 g/mol. The van der Waals surface area contributed by atoms with Gasteiger partial charge >= 0.3 is 0 Å². The van der Waals surface area contributed by atoms with Crippen molar-refractivity contribution in [2.24, 2.45) is 5.41 Å². The Morgan fingerprint density at radius 3 is 2.71 bits per heavy atom. The molecule has 0 unspecified atom stereocenters. The van der Waals surface area contributed by atoms with Crippen LogP contribution < -0.4 is 5.32 Å². The second kappa shape index (κ2) is 5.72. The molecule has 7 heteroatoms. The van der Waals surface area contributed by atoms with Crippen LogP contribution in [0.25, 0.3) is 0 Å². The fourth-order valence-corrected chi connectivity index (χ4v) is 1.41. The minimum absolute atomic E-state index is 0.0170. The number of carbonyl (C=O) groups is 1. The molecule has 1 amide bonds. The lowest BCUT2D eigenvalue weighted by Gasteiger charge is -2.29. The third-order valence-corrected chi connectivity index (χ3v) is 2.43. The van der Waals surface area contributed by atoms with Gasteiger partial charge in [0.25, 0.3) is 0 Å². The van der Waals surface area contributed by atoms with Crippen LogP contribution in [0.15, 0.2) is 6.33 Å². The van der Waals surface area contributed by atoms with Gasteiger partial charge in [0.15, 0.2) is 0 Å². The van der Waals surface area contributed by atoms with E-state index in [0.717, 1.165) is 0 Å². The smallest absolute Gasteiger partial charge is 0.241 e. The first-order chi connectivity index (χ1) is 7.93. The number of carbonyl (C=O) groups excluding carboxylic acids is 1. The normalized spacial score (nSPS) is 13.4. The molecule has 0 saturated carbocycles. The van der Waals surface area contributed by atoms with Crippen LogP contribution >= 0.6 is 0 Å². The Morgan fingerprint density at radius 1 is 1.53 bits per heavy atom. The minimum Gasteiger partial charge on any atom is -0.379 e. The predicted molar refractivity (Wildman–Crippen MR) is 61.1 cm³/mol. The Hall–Kier alpha value is -1.50. The van der Waals surface area contributed by atoms with Gasteiger partial charge < -0.3 is 10.1 Å². The maximum Gasteiger partial charge on any atom is 0.241 e. The van der Waals surface area contributed by atoms with Gasteiger partial charge in [-0.2, -0.15) is 0 Å². The Bertz CT molecular complexity index is 344. The third kappa shape index (κ3) is 4.48. The molecule has 0 saturated heterocycles. The van der Waals surface area contributed by atoms with Crippen molar-refractivity contribution >= 4 is 5.91 Å². The first-order valence-corrected chi connectivity index (χ1v) is 5.43. The third-order valence-electron chi connectivity index (χ3n) is 2.43. The summed E-state index contributed by atoms with van der Waals surface area (Å²) in [6, 6.07) is 0. The van der Waals surface area contributed by atoms with Gasteiger partial charge in [-0.3, -0.25) is 4.79 Å². The molecule has 0 bridgehead atoms. The number of tetrazole rings is 1. The van der Waals surface area contributed by atoms with Crippen molar-refractivity contribution in [3.63, 3.8) is 0 Å². The van der Waals surface area contributed by atoms with Gasteiger partial charge in [-0.15, -0.1) is 5.10 Å². The molecular weight excluding hydrogens is 222 g/mol. The van der Waals surface area contributed by atoms with Crippen LogP contribution in [0.1, 0.15) is 20.8 Å². The van der Waals surface area contributed by atoms with Gasteiger partial charge in [0, 0.05) is 13.7 Å². The molecular formula is C10H19N5O2. The molecule has 1 atom stereocenters. The summed E-state index contributed by atoms with van der Waals surface area (Å²) >= 11 is 0. The molecule has 17 heavy (non-hydrogen) atoms. The zero-order chi connectivity index (χ0) is 12.9. The van der Waals surface area contributed by atoms with Crippen LogP contribution in [-0.2, 0) is 16.1 Å². The summed E-state index contributed by atoms with van der Waals surface area (Å²) in [5, 5.41) is 13.3. The van der Waals surface area contributed by atoms with E-state index >= 15 is 0 Å². The largest absolute Gasteiger partial charge is 0.379 e. The first kappa shape index (κ1) is 13.6. The quantitative estimate of drug-likeness (QED) is 0.775. The van der Waals surface area contributed by atoms with Crippen LogP contribution in [0.3, 0.4) is 0 Å². The van der Waals surface area contributed by atoms with Gasteiger partial charge in [0.2, 0.25) is 5.91 Å². The number of hydrogen-bond acceptors (Lipinski definition) is 5. The SMILES string of the molecule is CO[C@@H](CNC(=O)Cn1cnnn1)C(C)(C)C. The molecule has 1 rings (SSSR count). The zero-order valence-corrected chi connectivity index (χ0v) is 10.7. The summed E-state index contributed by atoms with van der Waals surface area (Å²) in [5.74, 6) is -0.136. The van der Waals surface area contributed by atoms with Gasteiger partial charge in [0.1, 0.15) is 12.9 Å². The van der Waals surface area contributed by atoms with Crippen molar-refractivity contribution in [1.29, 1.82) is 0 Å². The molecule has 7 nitrogen and oxygen atoms in total. The number of nitrogens with zero attached hydrogens (tertiary/aromatic N) is 4. The van der Waals surface area contributed by atoms with E-state index in [1.54, 1.807) is 7.11 Å². The lowest BCUT2D eigenvalue weighted by atomic mass is 9.89. The molecule has 0 aliphatic rings. The minimum atomic E-state index is -0.136. The molecule has 1 aromatic heterocycles. The van der Waals surface area contributed by atoms with Gasteiger partial charge in [0.05, 0.1) is 6.10 Å². The van der Waals surface area contributed by atoms with Gasteiger partial charge in [-0.05, 0) is 15.8 Å². The highest BCUT2D eigenvalue weighted by Crippen LogP contribution is 2.20. The molecule has 0 aliphatic heterocycles. The van der Waals surface area contributed by atoms with Gasteiger partial charge in [-0.1, -0.05) is 20.8 Å². The molecule has 0 aliphatic carbocycles. The monoisotopic (exact) mass is 241 g/mol. The topological polar surface area (TPSA) is 81.9 Å². The van der Waals surface area contributed by atoms with Crippen LogP contribution in [0.2, 0.25) is 0 Å². The zero-order valence-electron chi connectivity index (χ0n) is 10.7. The standard InChI is InChI=1S/C10H19N5O2/c1-10(2,3)8(17-4)5-11-9(16)6-15-7-12-13-14-15/h7-8H,5-6H2,1-4H3,(H,11,16)/t8-/m0/s1. The summed E-state index contributed by atoms with van der Waals surface area (Å²) < 4.78 is 6.71. The number of aromatic nitrogens is 4. The fourth-order valence-electron chi connectivity index (χ4n) is 1.41. The van der Waals surface area contributed by atoms with Crippen molar-refractivity contribution in [3.8, 4) is 0 Å². The maximum absolute atomic E-state index is 11.6. The second-order valence-electron chi connectivity index (χ2n) is 4.90. The molecule has 0 radical (unpaired) electrons. The van der Waals surface area contributed by atoms with Gasteiger partial charge in [-0.25, -0.2) is 4.68 Å². The van der Waals surface area contributed by atoms with Crippen molar-refractivity contribution in [2.45, 2.75) is 33.4 Å². The van der Waals surface area contributed by atoms with Crippen LogP contribution in [-0.4, -0.2) is 45.9 Å². The Kier molecular flexibility index (Phi) is 4.56. The van der Waals surface area contributed by atoms with E-state index in [-0.39, 0.29) is 24.0 Å². The summed E-state index contributed by atoms with van der Waals surface area (Å²) in [6.45, 7) is 6.78. The highest BCUT2D eigenvalue weighted by atomic mass is 16.5. The molecule has 1 aromatic rings. The average Bonchev–Trinajstić information content (AvgIpc) is 2.69. The number of nitrogens with one attached hydrogen (secondary N) is 1. The predicted octanol–water partition coefficient (Wildman–Crippen LogP) is -0.150. The van der Waals surface area contributed by atoms with E-state index in [9.17, 15) is 4.79 Å². The van der Waals surface area contributed by atoms with Crippen molar-refractivity contribution < 1.29 is 9.53 Å². The highest BCUT2D eigenvalue weighted by Gasteiger charge is 2.24. The van der Waals surface area contributed by atoms with Crippen LogP contribution in [0.5, 0.6) is 0 Å². The Balaban J connectivity index is 2.37. The molecule has 0 spiro atoms. The number of ether oxygens (including phenoxy) is 1. The van der Waals surface area contributed by atoms with E-state index < -0.39 is 0 Å². The number of amides is 1. The summed E-state index contributed by atoms with van der Waals surface area (Å²) in [4.78, 5) is 11.6. The van der Waals surface area contributed by atoms with Crippen molar-refractivity contribution in [3.05, 3.63) is 6.33 Å². The van der Waals surface area contributed by atoms with E-state index in [1.807, 2.05) is 0 Å². The Morgan fingerprint density at radius 2 is 2.24 bits per heavy atom. The Labute approximate surface area is 101 Å². The molecule has 1 N–H and O–H groups in total. The lowest BCUT2D eigenvalue weighted by Crippen LogP contribution is -2.41. The van der Waals surface area contributed by atoms with Crippen molar-refractivity contribution in [1.82, 2.24) is 25.5 Å². The maximum atomic E-state index is 11.6.